The average Bonchev–Trinajstić information content (AvgIpc) is 2.50. The second-order valence-corrected chi connectivity index (χ2v) is 9.23. The minimum absolute atomic E-state index is 0.105. The number of Topliss-reactive ketones (excluding diaryl/α,β-unsaturated/α-hetero) is 1. The molecule has 0 heterocycles. The van der Waals surface area contributed by atoms with E-state index in [0.29, 0.717) is 11.3 Å². The van der Waals surface area contributed by atoms with Gasteiger partial charge >= 0.3 is 5.97 Å². The molecule has 0 saturated heterocycles. The van der Waals surface area contributed by atoms with Crippen LogP contribution < -0.4 is 4.74 Å². The van der Waals surface area contributed by atoms with E-state index in [9.17, 15) is 14.7 Å². The monoisotopic (exact) mass is 358 g/mol. The van der Waals surface area contributed by atoms with Gasteiger partial charge in [0.1, 0.15) is 11.9 Å². The Balaban J connectivity index is 2.26. The van der Waals surface area contributed by atoms with E-state index in [4.69, 9.17) is 4.74 Å². The topological polar surface area (TPSA) is 63.6 Å². The second-order valence-electron chi connectivity index (χ2n) is 9.23. The van der Waals surface area contributed by atoms with E-state index in [0.717, 1.165) is 30.4 Å². The van der Waals surface area contributed by atoms with E-state index >= 15 is 0 Å². The number of benzene rings is 1. The largest absolute Gasteiger partial charge is 0.426 e. The van der Waals surface area contributed by atoms with Crippen LogP contribution in [0.3, 0.4) is 0 Å². The zero-order chi connectivity index (χ0) is 19.4. The van der Waals surface area contributed by atoms with E-state index in [2.05, 4.69) is 20.8 Å². The van der Waals surface area contributed by atoms with Crippen LogP contribution in [0.5, 0.6) is 5.75 Å². The van der Waals surface area contributed by atoms with Crippen LogP contribution in [0.2, 0.25) is 0 Å². The molecule has 1 fully saturated rings. The Kier molecular flexibility index (Phi) is 4.55. The minimum atomic E-state index is -0.984. The van der Waals surface area contributed by atoms with E-state index in [-0.39, 0.29) is 34.4 Å². The van der Waals surface area contributed by atoms with Gasteiger partial charge in [0.15, 0.2) is 5.78 Å². The molecule has 3 atom stereocenters. The normalized spacial score (nSPS) is 29.9. The van der Waals surface area contributed by atoms with Crippen LogP contribution in [0.25, 0.3) is 0 Å². The maximum Gasteiger partial charge on any atom is 0.308 e. The summed E-state index contributed by atoms with van der Waals surface area (Å²) in [5.74, 6) is -0.0565. The number of esters is 1. The van der Waals surface area contributed by atoms with Gasteiger partial charge in [-0.3, -0.25) is 9.59 Å². The molecule has 0 aliphatic heterocycles. The van der Waals surface area contributed by atoms with Crippen molar-refractivity contribution in [3.63, 3.8) is 0 Å². The van der Waals surface area contributed by atoms with Crippen molar-refractivity contribution in [2.75, 3.05) is 0 Å². The van der Waals surface area contributed by atoms with Crippen LogP contribution in [0.1, 0.15) is 88.2 Å². The zero-order valence-corrected chi connectivity index (χ0v) is 16.7. The van der Waals surface area contributed by atoms with Gasteiger partial charge in [0.2, 0.25) is 0 Å². The molecule has 4 nitrogen and oxygen atoms in total. The van der Waals surface area contributed by atoms with E-state index in [1.807, 2.05) is 26.0 Å². The van der Waals surface area contributed by atoms with Crippen molar-refractivity contribution >= 4 is 11.8 Å². The van der Waals surface area contributed by atoms with Gasteiger partial charge in [-0.2, -0.15) is 0 Å². The number of carbonyl (C=O) groups is 2. The Morgan fingerprint density at radius 2 is 1.88 bits per heavy atom. The molecule has 142 valence electrons. The average molecular weight is 358 g/mol. The van der Waals surface area contributed by atoms with Crippen molar-refractivity contribution in [2.24, 2.45) is 11.3 Å². The lowest BCUT2D eigenvalue weighted by Crippen LogP contribution is -2.56. The van der Waals surface area contributed by atoms with Crippen LogP contribution in [0.4, 0.5) is 0 Å². The summed E-state index contributed by atoms with van der Waals surface area (Å²) in [7, 11) is 0. The molecule has 4 heteroatoms. The lowest BCUT2D eigenvalue weighted by Gasteiger charge is -2.55. The third-order valence-corrected chi connectivity index (χ3v) is 6.54. The molecule has 2 aliphatic rings. The summed E-state index contributed by atoms with van der Waals surface area (Å²) in [4.78, 5) is 24.7. The first-order chi connectivity index (χ1) is 12.0. The molecule has 1 aromatic carbocycles. The molecule has 0 amide bonds. The van der Waals surface area contributed by atoms with Crippen molar-refractivity contribution in [1.29, 1.82) is 0 Å². The summed E-state index contributed by atoms with van der Waals surface area (Å²) in [6, 6.07) is 3.73. The molecule has 0 spiro atoms. The molecule has 2 aliphatic carbocycles. The molecule has 0 aromatic heterocycles. The molecular weight excluding hydrogens is 328 g/mol. The number of rotatable bonds is 2. The fourth-order valence-electron chi connectivity index (χ4n) is 5.44. The predicted octanol–water partition coefficient (Wildman–Crippen LogP) is 4.38. The SMILES string of the molecule is CC(=O)Oc1cc2c(cc1C(C)C)C(=O)[C@H](O)[C@H]1C(C)(C)CCC[C@]21C. The van der Waals surface area contributed by atoms with Gasteiger partial charge in [-0.1, -0.05) is 41.0 Å². The summed E-state index contributed by atoms with van der Waals surface area (Å²) in [6.45, 7) is 11.9. The number of hydrogen-bond donors (Lipinski definition) is 1. The first-order valence-electron chi connectivity index (χ1n) is 9.58. The second kappa shape index (κ2) is 6.19. The van der Waals surface area contributed by atoms with Gasteiger partial charge in [-0.25, -0.2) is 0 Å². The third kappa shape index (κ3) is 2.79. The number of hydrogen-bond acceptors (Lipinski definition) is 4. The fourth-order valence-corrected chi connectivity index (χ4v) is 5.44. The molecule has 0 bridgehead atoms. The number of carbonyl (C=O) groups excluding carboxylic acids is 2. The highest BCUT2D eigenvalue weighted by Gasteiger charge is 2.56. The molecule has 26 heavy (non-hydrogen) atoms. The van der Waals surface area contributed by atoms with Crippen molar-refractivity contribution in [3.8, 4) is 5.75 Å². The van der Waals surface area contributed by atoms with Crippen LogP contribution in [-0.4, -0.2) is 23.0 Å². The molecule has 1 aromatic rings. The van der Waals surface area contributed by atoms with E-state index < -0.39 is 6.10 Å². The summed E-state index contributed by atoms with van der Waals surface area (Å²) in [5.41, 5.74) is 1.91. The molecular formula is C22H30O4. The maximum atomic E-state index is 13.1. The molecule has 3 rings (SSSR count). The van der Waals surface area contributed by atoms with Crippen molar-refractivity contribution in [1.82, 2.24) is 0 Å². The number of aliphatic hydroxyl groups is 1. The van der Waals surface area contributed by atoms with E-state index in [1.54, 1.807) is 0 Å². The Morgan fingerprint density at radius 1 is 1.23 bits per heavy atom. The number of ether oxygens (including phenoxy) is 1. The zero-order valence-electron chi connectivity index (χ0n) is 16.7. The maximum absolute atomic E-state index is 13.1. The van der Waals surface area contributed by atoms with Gasteiger partial charge in [0.25, 0.3) is 0 Å². The summed E-state index contributed by atoms with van der Waals surface area (Å²) >= 11 is 0. The Bertz CT molecular complexity index is 762. The van der Waals surface area contributed by atoms with Crippen molar-refractivity contribution in [3.05, 3.63) is 28.8 Å². The first-order valence-corrected chi connectivity index (χ1v) is 9.58. The highest BCUT2D eigenvalue weighted by atomic mass is 16.5. The van der Waals surface area contributed by atoms with Gasteiger partial charge in [0, 0.05) is 18.4 Å². The predicted molar refractivity (Wildman–Crippen MR) is 101 cm³/mol. The summed E-state index contributed by atoms with van der Waals surface area (Å²) < 4.78 is 5.50. The van der Waals surface area contributed by atoms with Gasteiger partial charge < -0.3 is 9.84 Å². The Morgan fingerprint density at radius 3 is 2.46 bits per heavy atom. The smallest absolute Gasteiger partial charge is 0.308 e. The fraction of sp³-hybridized carbons (Fsp3) is 0.636. The molecule has 1 saturated carbocycles. The molecule has 1 N–H and O–H groups in total. The molecule has 0 unspecified atom stereocenters. The standard InChI is InChI=1S/C22H30O4/c1-12(2)14-10-15-16(11-17(14)26-13(3)23)22(6)9-7-8-21(4,5)20(22)19(25)18(15)24/h10-12,19-20,25H,7-9H2,1-6H3/t19-,20-,22+/m0/s1. The van der Waals surface area contributed by atoms with Gasteiger partial charge in [-0.15, -0.1) is 0 Å². The highest BCUT2D eigenvalue weighted by molar-refractivity contribution is 6.03. The van der Waals surface area contributed by atoms with Crippen LogP contribution in [-0.2, 0) is 10.2 Å². The number of ketones is 1. The quantitative estimate of drug-likeness (QED) is 0.629. The Hall–Kier alpha value is -1.68. The number of aliphatic hydroxyl groups excluding tert-OH is 1. The van der Waals surface area contributed by atoms with Crippen molar-refractivity contribution in [2.45, 2.75) is 78.2 Å². The third-order valence-electron chi connectivity index (χ3n) is 6.54. The molecule has 0 radical (unpaired) electrons. The van der Waals surface area contributed by atoms with E-state index in [1.165, 1.54) is 6.92 Å². The van der Waals surface area contributed by atoms with Crippen LogP contribution >= 0.6 is 0 Å². The minimum Gasteiger partial charge on any atom is -0.426 e. The highest BCUT2D eigenvalue weighted by Crippen LogP contribution is 2.57. The van der Waals surface area contributed by atoms with Gasteiger partial charge in [-0.05, 0) is 52.8 Å². The van der Waals surface area contributed by atoms with Crippen molar-refractivity contribution < 1.29 is 19.4 Å². The van der Waals surface area contributed by atoms with Gasteiger partial charge in [0.05, 0.1) is 0 Å². The lowest BCUT2D eigenvalue weighted by atomic mass is 9.49. The summed E-state index contributed by atoms with van der Waals surface area (Å²) in [5, 5.41) is 10.9. The van der Waals surface area contributed by atoms with Crippen LogP contribution in [0.15, 0.2) is 12.1 Å². The lowest BCUT2D eigenvalue weighted by molar-refractivity contribution is -0.131. The van der Waals surface area contributed by atoms with Crippen LogP contribution in [0, 0.1) is 11.3 Å². The summed E-state index contributed by atoms with van der Waals surface area (Å²) in [6.07, 6.45) is 1.98. The Labute approximate surface area is 155 Å². The first kappa shape index (κ1) is 19.1. The number of fused-ring (bicyclic) bond motifs is 3.